The summed E-state index contributed by atoms with van der Waals surface area (Å²) in [5, 5.41) is 0. The zero-order valence-corrected chi connectivity index (χ0v) is 12.5. The molecular formula is C17H20O4. The SMILES string of the molecule is CCC(C)OC(=O)/C=C(/C=Cc1ccccc1)C(=O)OC. The van der Waals surface area contributed by atoms with Crippen LogP contribution in [0.1, 0.15) is 25.8 Å². The Labute approximate surface area is 125 Å². The van der Waals surface area contributed by atoms with Gasteiger partial charge in [-0.3, -0.25) is 0 Å². The molecule has 0 N–H and O–H groups in total. The lowest BCUT2D eigenvalue weighted by molar-refractivity contribution is -0.143. The molecule has 1 aromatic carbocycles. The van der Waals surface area contributed by atoms with E-state index in [9.17, 15) is 9.59 Å². The first kappa shape index (κ1) is 16.7. The summed E-state index contributed by atoms with van der Waals surface area (Å²) in [5.74, 6) is -1.13. The normalized spacial score (nSPS) is 13.0. The molecule has 0 fully saturated rings. The molecule has 4 nitrogen and oxygen atoms in total. The highest BCUT2D eigenvalue weighted by Gasteiger charge is 2.11. The lowest BCUT2D eigenvalue weighted by Crippen LogP contribution is -2.13. The molecule has 0 aliphatic heterocycles. The minimum Gasteiger partial charge on any atom is -0.465 e. The molecule has 1 atom stereocenters. The van der Waals surface area contributed by atoms with Crippen molar-refractivity contribution in [1.29, 1.82) is 0 Å². The van der Waals surface area contributed by atoms with Gasteiger partial charge in [0.15, 0.2) is 0 Å². The second-order valence-corrected chi connectivity index (χ2v) is 4.49. The van der Waals surface area contributed by atoms with Gasteiger partial charge in [-0.25, -0.2) is 9.59 Å². The number of carbonyl (C=O) groups is 2. The van der Waals surface area contributed by atoms with Crippen molar-refractivity contribution in [2.24, 2.45) is 0 Å². The number of benzene rings is 1. The molecule has 0 aliphatic rings. The molecule has 1 unspecified atom stereocenters. The number of esters is 2. The van der Waals surface area contributed by atoms with Crippen LogP contribution in [0.15, 0.2) is 48.1 Å². The molecule has 21 heavy (non-hydrogen) atoms. The third-order valence-electron chi connectivity index (χ3n) is 2.84. The second-order valence-electron chi connectivity index (χ2n) is 4.49. The Balaban J connectivity index is 2.88. The molecule has 0 saturated carbocycles. The largest absolute Gasteiger partial charge is 0.465 e. The number of methoxy groups -OCH3 is 1. The third-order valence-corrected chi connectivity index (χ3v) is 2.84. The standard InChI is InChI=1S/C17H20O4/c1-4-13(2)21-16(18)12-15(17(19)20-3)11-10-14-8-6-5-7-9-14/h5-13H,4H2,1-3H3/b11-10?,15-12-. The Hall–Kier alpha value is -2.36. The molecule has 0 aliphatic carbocycles. The van der Waals surface area contributed by atoms with Crippen LogP contribution in [-0.4, -0.2) is 25.2 Å². The Morgan fingerprint density at radius 2 is 1.90 bits per heavy atom. The van der Waals surface area contributed by atoms with Gasteiger partial charge in [0.05, 0.1) is 18.8 Å². The smallest absolute Gasteiger partial charge is 0.338 e. The van der Waals surface area contributed by atoms with E-state index in [1.54, 1.807) is 19.1 Å². The first-order valence-electron chi connectivity index (χ1n) is 6.80. The van der Waals surface area contributed by atoms with E-state index in [0.29, 0.717) is 6.42 Å². The first-order valence-corrected chi connectivity index (χ1v) is 6.80. The van der Waals surface area contributed by atoms with Crippen molar-refractivity contribution in [3.63, 3.8) is 0 Å². The predicted octanol–water partition coefficient (Wildman–Crippen LogP) is 3.14. The minimum atomic E-state index is -0.580. The van der Waals surface area contributed by atoms with Crippen LogP contribution in [0, 0.1) is 0 Å². The van der Waals surface area contributed by atoms with Gasteiger partial charge in [-0.15, -0.1) is 0 Å². The second kappa shape index (κ2) is 8.74. The third kappa shape index (κ3) is 6.08. The molecule has 0 saturated heterocycles. The number of rotatable bonds is 6. The van der Waals surface area contributed by atoms with Gasteiger partial charge in [0, 0.05) is 6.08 Å². The van der Waals surface area contributed by atoms with Crippen molar-refractivity contribution < 1.29 is 19.1 Å². The quantitative estimate of drug-likeness (QED) is 0.458. The highest BCUT2D eigenvalue weighted by atomic mass is 16.5. The number of hydrogen-bond acceptors (Lipinski definition) is 4. The number of ether oxygens (including phenoxy) is 2. The van der Waals surface area contributed by atoms with Crippen molar-refractivity contribution in [2.45, 2.75) is 26.4 Å². The van der Waals surface area contributed by atoms with Crippen LogP contribution < -0.4 is 0 Å². The molecular weight excluding hydrogens is 268 g/mol. The first-order chi connectivity index (χ1) is 10.1. The number of hydrogen-bond donors (Lipinski definition) is 0. The highest BCUT2D eigenvalue weighted by Crippen LogP contribution is 2.08. The Morgan fingerprint density at radius 3 is 2.48 bits per heavy atom. The zero-order valence-electron chi connectivity index (χ0n) is 12.5. The fourth-order valence-electron chi connectivity index (χ4n) is 1.49. The van der Waals surface area contributed by atoms with Crippen LogP contribution >= 0.6 is 0 Å². The highest BCUT2D eigenvalue weighted by molar-refractivity contribution is 5.99. The molecule has 0 bridgehead atoms. The zero-order chi connectivity index (χ0) is 15.7. The van der Waals surface area contributed by atoms with Crippen LogP contribution in [0.5, 0.6) is 0 Å². The van der Waals surface area contributed by atoms with Crippen molar-refractivity contribution in [1.82, 2.24) is 0 Å². The fourth-order valence-corrected chi connectivity index (χ4v) is 1.49. The maximum absolute atomic E-state index is 11.7. The van der Waals surface area contributed by atoms with Gasteiger partial charge >= 0.3 is 11.9 Å². The number of carbonyl (C=O) groups excluding carboxylic acids is 2. The lowest BCUT2D eigenvalue weighted by Gasteiger charge is -2.08. The summed E-state index contributed by atoms with van der Waals surface area (Å²) in [7, 11) is 1.27. The predicted molar refractivity (Wildman–Crippen MR) is 81.4 cm³/mol. The maximum atomic E-state index is 11.7. The molecule has 0 spiro atoms. The van der Waals surface area contributed by atoms with E-state index in [2.05, 4.69) is 4.74 Å². The summed E-state index contributed by atoms with van der Waals surface area (Å²) in [6, 6.07) is 9.46. The lowest BCUT2D eigenvalue weighted by atomic mass is 10.1. The van der Waals surface area contributed by atoms with E-state index in [1.807, 2.05) is 37.3 Å². The molecule has 1 rings (SSSR count). The summed E-state index contributed by atoms with van der Waals surface area (Å²) < 4.78 is 9.79. The van der Waals surface area contributed by atoms with E-state index >= 15 is 0 Å². The van der Waals surface area contributed by atoms with Crippen LogP contribution in [-0.2, 0) is 19.1 Å². The molecule has 0 radical (unpaired) electrons. The molecule has 0 aromatic heterocycles. The van der Waals surface area contributed by atoms with Gasteiger partial charge in [-0.1, -0.05) is 43.3 Å². The average molecular weight is 288 g/mol. The van der Waals surface area contributed by atoms with Crippen LogP contribution in [0.25, 0.3) is 6.08 Å². The molecule has 1 aromatic rings. The maximum Gasteiger partial charge on any atom is 0.338 e. The monoisotopic (exact) mass is 288 g/mol. The van der Waals surface area contributed by atoms with Crippen LogP contribution in [0.2, 0.25) is 0 Å². The van der Waals surface area contributed by atoms with Gasteiger partial charge in [0.25, 0.3) is 0 Å². The minimum absolute atomic E-state index is 0.148. The van der Waals surface area contributed by atoms with E-state index in [4.69, 9.17) is 4.74 Å². The Bertz CT molecular complexity index is 529. The summed E-state index contributed by atoms with van der Waals surface area (Å²) in [5.41, 5.74) is 1.07. The van der Waals surface area contributed by atoms with Gasteiger partial charge in [0.1, 0.15) is 0 Å². The van der Waals surface area contributed by atoms with Gasteiger partial charge in [0.2, 0.25) is 0 Å². The molecule has 0 heterocycles. The Kier molecular flexibility index (Phi) is 6.95. The summed E-state index contributed by atoms with van der Waals surface area (Å²) in [6.07, 6.45) is 4.95. The molecule has 0 amide bonds. The van der Waals surface area contributed by atoms with Crippen molar-refractivity contribution in [3.05, 3.63) is 53.6 Å². The van der Waals surface area contributed by atoms with Gasteiger partial charge in [-0.05, 0) is 25.0 Å². The van der Waals surface area contributed by atoms with E-state index < -0.39 is 11.9 Å². The average Bonchev–Trinajstić information content (AvgIpc) is 2.51. The van der Waals surface area contributed by atoms with Crippen LogP contribution in [0.3, 0.4) is 0 Å². The fraction of sp³-hybridized carbons (Fsp3) is 0.294. The van der Waals surface area contributed by atoms with E-state index in [-0.39, 0.29) is 11.7 Å². The van der Waals surface area contributed by atoms with Crippen molar-refractivity contribution in [3.8, 4) is 0 Å². The summed E-state index contributed by atoms with van der Waals surface area (Å²) in [4.78, 5) is 23.4. The Morgan fingerprint density at radius 1 is 1.24 bits per heavy atom. The van der Waals surface area contributed by atoms with Crippen molar-refractivity contribution in [2.75, 3.05) is 7.11 Å². The molecule has 112 valence electrons. The molecule has 4 heteroatoms. The summed E-state index contributed by atoms with van der Waals surface area (Å²) in [6.45, 7) is 3.71. The van der Waals surface area contributed by atoms with E-state index in [0.717, 1.165) is 11.6 Å². The van der Waals surface area contributed by atoms with Crippen LogP contribution in [0.4, 0.5) is 0 Å². The topological polar surface area (TPSA) is 52.6 Å². The van der Waals surface area contributed by atoms with Gasteiger partial charge < -0.3 is 9.47 Å². The van der Waals surface area contributed by atoms with E-state index in [1.165, 1.54) is 7.11 Å². The van der Waals surface area contributed by atoms with Gasteiger partial charge in [-0.2, -0.15) is 0 Å². The van der Waals surface area contributed by atoms with Crippen molar-refractivity contribution >= 4 is 18.0 Å². The summed E-state index contributed by atoms with van der Waals surface area (Å²) >= 11 is 0.